The first-order valence-electron chi connectivity index (χ1n) is 9.38. The molecule has 0 aliphatic carbocycles. The van der Waals surface area contributed by atoms with Crippen molar-refractivity contribution in [3.05, 3.63) is 84.2 Å². The number of carbonyl (C=O) groups excluding carboxylic acids is 2. The van der Waals surface area contributed by atoms with Crippen molar-refractivity contribution in [2.75, 3.05) is 23.4 Å². The van der Waals surface area contributed by atoms with Crippen LogP contribution in [-0.4, -0.2) is 25.0 Å². The second-order valence-electron chi connectivity index (χ2n) is 6.73. The molecule has 0 spiro atoms. The van der Waals surface area contributed by atoms with E-state index in [4.69, 9.17) is 9.47 Å². The summed E-state index contributed by atoms with van der Waals surface area (Å²) in [6.45, 7) is 0.0614. The lowest BCUT2D eigenvalue weighted by atomic mass is 10.1. The Morgan fingerprint density at radius 1 is 1.07 bits per heavy atom. The highest BCUT2D eigenvalue weighted by Crippen LogP contribution is 2.35. The number of benzene rings is 3. The zero-order valence-corrected chi connectivity index (χ0v) is 16.0. The summed E-state index contributed by atoms with van der Waals surface area (Å²) in [6, 6.07) is 20.1. The molecular weight excluding hydrogens is 387 g/mol. The molecule has 0 aromatic heterocycles. The van der Waals surface area contributed by atoms with Crippen LogP contribution in [0.5, 0.6) is 11.5 Å². The largest absolute Gasteiger partial charge is 0.484 e. The zero-order valence-electron chi connectivity index (χ0n) is 16.0. The van der Waals surface area contributed by atoms with Gasteiger partial charge < -0.3 is 19.7 Å². The molecule has 1 aliphatic rings. The van der Waals surface area contributed by atoms with Crippen LogP contribution >= 0.6 is 0 Å². The highest BCUT2D eigenvalue weighted by atomic mass is 19.1. The Morgan fingerprint density at radius 3 is 2.60 bits per heavy atom. The maximum atomic E-state index is 13.1. The number of ether oxygens (including phenoxy) is 2. The third-order valence-electron chi connectivity index (χ3n) is 4.55. The maximum Gasteiger partial charge on any atom is 0.265 e. The molecule has 1 aliphatic heterocycles. The van der Waals surface area contributed by atoms with E-state index < -0.39 is 0 Å². The molecule has 30 heavy (non-hydrogen) atoms. The molecule has 6 nitrogen and oxygen atoms in total. The van der Waals surface area contributed by atoms with E-state index in [1.54, 1.807) is 47.4 Å². The Hall–Kier alpha value is -3.87. The van der Waals surface area contributed by atoms with Gasteiger partial charge in [-0.3, -0.25) is 9.59 Å². The normalized spacial score (nSPS) is 12.7. The van der Waals surface area contributed by atoms with Crippen molar-refractivity contribution >= 4 is 23.2 Å². The molecule has 0 saturated carbocycles. The van der Waals surface area contributed by atoms with E-state index in [9.17, 15) is 14.0 Å². The number of nitrogens with one attached hydrogen (secondary N) is 1. The van der Waals surface area contributed by atoms with Crippen LogP contribution in [0, 0.1) is 5.82 Å². The molecule has 0 bridgehead atoms. The molecule has 3 aromatic carbocycles. The fourth-order valence-corrected chi connectivity index (χ4v) is 3.09. The minimum absolute atomic E-state index is 0.108. The lowest BCUT2D eigenvalue weighted by molar-refractivity contribution is -0.121. The highest BCUT2D eigenvalue weighted by Gasteiger charge is 2.26. The van der Waals surface area contributed by atoms with Gasteiger partial charge >= 0.3 is 0 Å². The standard InChI is InChI=1S/C23H19FN2O4/c24-17-8-6-16(7-9-17)13-26-20-11-10-18(12-21(20)30-15-23(26)28)25-22(27)14-29-19-4-2-1-3-5-19/h1-12H,13-15H2,(H,25,27). The number of halogens is 1. The van der Waals surface area contributed by atoms with Crippen LogP contribution in [-0.2, 0) is 16.1 Å². The smallest absolute Gasteiger partial charge is 0.265 e. The first kappa shape index (κ1) is 19.4. The summed E-state index contributed by atoms with van der Waals surface area (Å²) in [4.78, 5) is 26.1. The summed E-state index contributed by atoms with van der Waals surface area (Å²) >= 11 is 0. The van der Waals surface area contributed by atoms with Crippen molar-refractivity contribution in [3.63, 3.8) is 0 Å². The van der Waals surface area contributed by atoms with E-state index in [1.807, 2.05) is 18.2 Å². The van der Waals surface area contributed by atoms with Crippen molar-refractivity contribution in [2.45, 2.75) is 6.54 Å². The molecule has 152 valence electrons. The third kappa shape index (κ3) is 4.57. The van der Waals surface area contributed by atoms with Gasteiger partial charge in [-0.2, -0.15) is 0 Å². The van der Waals surface area contributed by atoms with Crippen LogP contribution in [0.3, 0.4) is 0 Å². The Labute approximate surface area is 172 Å². The van der Waals surface area contributed by atoms with Gasteiger partial charge in [-0.25, -0.2) is 4.39 Å². The molecule has 1 heterocycles. The summed E-state index contributed by atoms with van der Waals surface area (Å²) < 4.78 is 24.1. The van der Waals surface area contributed by atoms with Crippen LogP contribution in [0.25, 0.3) is 0 Å². The lowest BCUT2D eigenvalue weighted by Crippen LogP contribution is -2.38. The number of hydrogen-bond acceptors (Lipinski definition) is 4. The Balaban J connectivity index is 1.44. The Kier molecular flexibility index (Phi) is 5.61. The molecular formula is C23H19FN2O4. The summed E-state index contributed by atoms with van der Waals surface area (Å²) in [7, 11) is 0. The summed E-state index contributed by atoms with van der Waals surface area (Å²) in [5.41, 5.74) is 1.92. The zero-order chi connectivity index (χ0) is 20.9. The van der Waals surface area contributed by atoms with Gasteiger partial charge in [-0.05, 0) is 42.0 Å². The molecule has 0 unspecified atom stereocenters. The monoisotopic (exact) mass is 406 g/mol. The number of anilines is 2. The van der Waals surface area contributed by atoms with Crippen LogP contribution in [0.2, 0.25) is 0 Å². The molecule has 4 rings (SSSR count). The maximum absolute atomic E-state index is 13.1. The van der Waals surface area contributed by atoms with Gasteiger partial charge in [0, 0.05) is 11.8 Å². The molecule has 7 heteroatoms. The van der Waals surface area contributed by atoms with Crippen molar-refractivity contribution < 1.29 is 23.5 Å². The quantitative estimate of drug-likeness (QED) is 0.677. The summed E-state index contributed by atoms with van der Waals surface area (Å²) in [5, 5.41) is 2.76. The van der Waals surface area contributed by atoms with E-state index in [0.29, 0.717) is 29.4 Å². The molecule has 0 saturated heterocycles. The third-order valence-corrected chi connectivity index (χ3v) is 4.55. The number of rotatable bonds is 6. The number of amides is 2. The van der Waals surface area contributed by atoms with Crippen molar-refractivity contribution in [3.8, 4) is 11.5 Å². The van der Waals surface area contributed by atoms with Gasteiger partial charge in [0.2, 0.25) is 0 Å². The van der Waals surface area contributed by atoms with Crippen LogP contribution in [0.1, 0.15) is 5.56 Å². The van der Waals surface area contributed by atoms with Gasteiger partial charge in [-0.15, -0.1) is 0 Å². The van der Waals surface area contributed by atoms with Gasteiger partial charge in [0.1, 0.15) is 17.3 Å². The van der Waals surface area contributed by atoms with Gasteiger partial charge in [0.05, 0.1) is 12.2 Å². The summed E-state index contributed by atoms with van der Waals surface area (Å²) in [6.07, 6.45) is 0. The number of carbonyl (C=O) groups is 2. The van der Waals surface area contributed by atoms with Gasteiger partial charge in [-0.1, -0.05) is 30.3 Å². The van der Waals surface area contributed by atoms with E-state index in [1.165, 1.54) is 12.1 Å². The summed E-state index contributed by atoms with van der Waals surface area (Å²) in [5.74, 6) is 0.257. The topological polar surface area (TPSA) is 67.9 Å². The lowest BCUT2D eigenvalue weighted by Gasteiger charge is -2.29. The van der Waals surface area contributed by atoms with E-state index in [0.717, 1.165) is 5.56 Å². The van der Waals surface area contributed by atoms with Crippen LogP contribution in [0.4, 0.5) is 15.8 Å². The van der Waals surface area contributed by atoms with Gasteiger partial charge in [0.15, 0.2) is 13.2 Å². The second kappa shape index (κ2) is 8.65. The predicted molar refractivity (Wildman–Crippen MR) is 110 cm³/mol. The fraction of sp³-hybridized carbons (Fsp3) is 0.130. The molecule has 3 aromatic rings. The molecule has 0 radical (unpaired) electrons. The molecule has 2 amide bonds. The molecule has 0 atom stereocenters. The number of fused-ring (bicyclic) bond motifs is 1. The van der Waals surface area contributed by atoms with Crippen molar-refractivity contribution in [1.29, 1.82) is 0 Å². The van der Waals surface area contributed by atoms with Crippen LogP contribution in [0.15, 0.2) is 72.8 Å². The van der Waals surface area contributed by atoms with E-state index in [-0.39, 0.29) is 30.8 Å². The van der Waals surface area contributed by atoms with Gasteiger partial charge in [0.25, 0.3) is 11.8 Å². The number of para-hydroxylation sites is 1. The predicted octanol–water partition coefficient (Wildman–Crippen LogP) is 3.77. The molecule has 1 N–H and O–H groups in total. The average molecular weight is 406 g/mol. The average Bonchev–Trinajstić information content (AvgIpc) is 2.76. The SMILES string of the molecule is O=C(COc1ccccc1)Nc1ccc2c(c1)OCC(=O)N2Cc1ccc(F)cc1. The minimum atomic E-state index is -0.330. The first-order chi connectivity index (χ1) is 14.6. The second-order valence-corrected chi connectivity index (χ2v) is 6.73. The fourth-order valence-electron chi connectivity index (χ4n) is 3.09. The Bertz CT molecular complexity index is 1050. The van der Waals surface area contributed by atoms with E-state index in [2.05, 4.69) is 5.32 Å². The first-order valence-corrected chi connectivity index (χ1v) is 9.38. The highest BCUT2D eigenvalue weighted by molar-refractivity contribution is 5.99. The Morgan fingerprint density at radius 2 is 1.83 bits per heavy atom. The minimum Gasteiger partial charge on any atom is -0.484 e. The van der Waals surface area contributed by atoms with E-state index >= 15 is 0 Å². The van der Waals surface area contributed by atoms with Crippen LogP contribution < -0.4 is 19.7 Å². The molecule has 0 fully saturated rings. The number of nitrogens with zero attached hydrogens (tertiary/aromatic N) is 1. The van der Waals surface area contributed by atoms with Crippen molar-refractivity contribution in [2.24, 2.45) is 0 Å². The number of hydrogen-bond donors (Lipinski definition) is 1. The van der Waals surface area contributed by atoms with Crippen molar-refractivity contribution in [1.82, 2.24) is 0 Å².